The molecule has 5 nitrogen and oxygen atoms in total. The van der Waals surface area contributed by atoms with E-state index in [2.05, 4.69) is 19.2 Å². The number of hydrogen-bond donors (Lipinski definition) is 2. The first-order valence-corrected chi connectivity index (χ1v) is 7.26. The number of hydrogen-bond acceptors (Lipinski definition) is 2. The average Bonchev–Trinajstić information content (AvgIpc) is 2.25. The Bertz CT molecular complexity index is 356. The van der Waals surface area contributed by atoms with Crippen LogP contribution in [0.2, 0.25) is 0 Å². The molecule has 0 aromatic heterocycles. The largest absolute Gasteiger partial charge is 0.481 e. The summed E-state index contributed by atoms with van der Waals surface area (Å²) >= 11 is 0. The fourth-order valence-corrected chi connectivity index (χ4v) is 3.35. The number of likely N-dealkylation sites (tertiary alicyclic amines) is 1. The summed E-state index contributed by atoms with van der Waals surface area (Å²) in [7, 11) is 0. The van der Waals surface area contributed by atoms with Gasteiger partial charge in [0.15, 0.2) is 0 Å². The molecular formula is C14H24N2O3. The first kappa shape index (κ1) is 14.2. The molecule has 19 heavy (non-hydrogen) atoms. The first-order chi connectivity index (χ1) is 8.93. The summed E-state index contributed by atoms with van der Waals surface area (Å²) in [6, 6.07) is 0.400. The van der Waals surface area contributed by atoms with Gasteiger partial charge in [-0.1, -0.05) is 0 Å². The van der Waals surface area contributed by atoms with Crippen LogP contribution < -0.4 is 5.32 Å². The van der Waals surface area contributed by atoms with Crippen LogP contribution in [-0.4, -0.2) is 39.6 Å². The predicted octanol–water partition coefficient (Wildman–Crippen LogP) is 2.36. The SMILES string of the molecule is CC1CCCC(C)N1C(=O)NC1(CC(=O)O)CCC1. The highest BCUT2D eigenvalue weighted by atomic mass is 16.4. The Morgan fingerprint density at radius 1 is 1.21 bits per heavy atom. The smallest absolute Gasteiger partial charge is 0.318 e. The van der Waals surface area contributed by atoms with Gasteiger partial charge in [0, 0.05) is 12.1 Å². The summed E-state index contributed by atoms with van der Waals surface area (Å²) in [4.78, 5) is 25.3. The third-order valence-corrected chi connectivity index (χ3v) is 4.60. The van der Waals surface area contributed by atoms with Crippen molar-refractivity contribution >= 4 is 12.0 Å². The normalized spacial score (nSPS) is 29.5. The molecule has 2 atom stereocenters. The minimum Gasteiger partial charge on any atom is -0.481 e. The van der Waals surface area contributed by atoms with Gasteiger partial charge in [-0.15, -0.1) is 0 Å². The van der Waals surface area contributed by atoms with Crippen molar-refractivity contribution in [2.75, 3.05) is 0 Å². The van der Waals surface area contributed by atoms with E-state index < -0.39 is 11.5 Å². The topological polar surface area (TPSA) is 69.6 Å². The molecule has 2 amide bonds. The molecule has 0 aromatic carbocycles. The molecular weight excluding hydrogens is 244 g/mol. The standard InChI is InChI=1S/C14H24N2O3/c1-10-5-3-6-11(2)16(10)13(19)15-14(7-4-8-14)9-12(17)18/h10-11H,3-9H2,1-2H3,(H,15,19)(H,17,18). The van der Waals surface area contributed by atoms with Gasteiger partial charge < -0.3 is 15.3 Å². The molecule has 2 fully saturated rings. The lowest BCUT2D eigenvalue weighted by molar-refractivity contribution is -0.139. The Morgan fingerprint density at radius 3 is 2.21 bits per heavy atom. The van der Waals surface area contributed by atoms with Crippen LogP contribution in [0.3, 0.4) is 0 Å². The van der Waals surface area contributed by atoms with E-state index >= 15 is 0 Å². The third kappa shape index (κ3) is 3.01. The predicted molar refractivity (Wildman–Crippen MR) is 72.0 cm³/mol. The highest BCUT2D eigenvalue weighted by Gasteiger charge is 2.42. The van der Waals surface area contributed by atoms with Crippen LogP contribution in [-0.2, 0) is 4.79 Å². The Hall–Kier alpha value is -1.26. The number of piperidine rings is 1. The molecule has 1 heterocycles. The molecule has 5 heteroatoms. The van der Waals surface area contributed by atoms with E-state index in [-0.39, 0.29) is 24.5 Å². The Morgan fingerprint density at radius 2 is 1.79 bits per heavy atom. The highest BCUT2D eigenvalue weighted by molar-refractivity contribution is 5.78. The summed E-state index contributed by atoms with van der Waals surface area (Å²) in [6.07, 6.45) is 5.82. The lowest BCUT2D eigenvalue weighted by Gasteiger charge is -2.46. The summed E-state index contributed by atoms with van der Waals surface area (Å²) in [5.41, 5.74) is -0.500. The molecule has 1 saturated heterocycles. The van der Waals surface area contributed by atoms with E-state index in [9.17, 15) is 9.59 Å². The molecule has 2 rings (SSSR count). The Labute approximate surface area is 114 Å². The quantitative estimate of drug-likeness (QED) is 0.825. The van der Waals surface area contributed by atoms with Gasteiger partial charge in [-0.3, -0.25) is 4.79 Å². The zero-order chi connectivity index (χ0) is 14.0. The number of amides is 2. The molecule has 1 aliphatic carbocycles. The maximum atomic E-state index is 12.4. The fourth-order valence-electron chi connectivity index (χ4n) is 3.35. The zero-order valence-corrected chi connectivity index (χ0v) is 11.8. The lowest BCUT2D eigenvalue weighted by atomic mass is 9.74. The van der Waals surface area contributed by atoms with Gasteiger partial charge in [0.1, 0.15) is 0 Å². The molecule has 1 saturated carbocycles. The number of nitrogens with one attached hydrogen (secondary N) is 1. The van der Waals surface area contributed by atoms with Crippen molar-refractivity contribution in [3.63, 3.8) is 0 Å². The van der Waals surface area contributed by atoms with E-state index in [1.54, 1.807) is 0 Å². The molecule has 0 radical (unpaired) electrons. The van der Waals surface area contributed by atoms with Gasteiger partial charge in [-0.2, -0.15) is 0 Å². The van der Waals surface area contributed by atoms with Crippen LogP contribution in [0.5, 0.6) is 0 Å². The minimum absolute atomic E-state index is 0.0370. The molecule has 2 aliphatic rings. The summed E-state index contributed by atoms with van der Waals surface area (Å²) in [5, 5.41) is 12.0. The van der Waals surface area contributed by atoms with Crippen LogP contribution in [0.15, 0.2) is 0 Å². The van der Waals surface area contributed by atoms with Gasteiger partial charge in [-0.25, -0.2) is 4.79 Å². The second-order valence-electron chi connectivity index (χ2n) is 6.17. The molecule has 2 N–H and O–H groups in total. The Balaban J connectivity index is 2.00. The molecule has 2 unspecified atom stereocenters. The number of carboxylic acid groups (broad SMARTS) is 1. The van der Waals surface area contributed by atoms with Crippen molar-refractivity contribution in [2.24, 2.45) is 0 Å². The number of carbonyl (C=O) groups is 2. The summed E-state index contributed by atoms with van der Waals surface area (Å²) in [6.45, 7) is 4.14. The van der Waals surface area contributed by atoms with E-state index in [1.165, 1.54) is 0 Å². The van der Waals surface area contributed by atoms with Crippen molar-refractivity contribution in [2.45, 2.75) is 76.4 Å². The zero-order valence-electron chi connectivity index (χ0n) is 11.8. The van der Waals surface area contributed by atoms with Crippen molar-refractivity contribution in [1.29, 1.82) is 0 Å². The number of rotatable bonds is 3. The lowest BCUT2D eigenvalue weighted by Crippen LogP contribution is -2.61. The highest BCUT2D eigenvalue weighted by Crippen LogP contribution is 2.35. The van der Waals surface area contributed by atoms with Crippen LogP contribution in [0.25, 0.3) is 0 Å². The van der Waals surface area contributed by atoms with Crippen molar-refractivity contribution in [3.05, 3.63) is 0 Å². The van der Waals surface area contributed by atoms with E-state index in [1.807, 2.05) is 4.90 Å². The summed E-state index contributed by atoms with van der Waals surface area (Å²) in [5.74, 6) is -0.834. The van der Waals surface area contributed by atoms with E-state index in [0.29, 0.717) is 0 Å². The Kier molecular flexibility index (Phi) is 4.02. The van der Waals surface area contributed by atoms with Crippen molar-refractivity contribution in [1.82, 2.24) is 10.2 Å². The summed E-state index contributed by atoms with van der Waals surface area (Å²) < 4.78 is 0. The van der Waals surface area contributed by atoms with Gasteiger partial charge in [0.25, 0.3) is 0 Å². The number of aliphatic carboxylic acids is 1. The van der Waals surface area contributed by atoms with Crippen LogP contribution in [0.4, 0.5) is 4.79 Å². The molecule has 0 spiro atoms. The van der Waals surface area contributed by atoms with E-state index in [0.717, 1.165) is 38.5 Å². The molecule has 0 bridgehead atoms. The van der Waals surface area contributed by atoms with Crippen LogP contribution in [0.1, 0.15) is 58.8 Å². The fraction of sp³-hybridized carbons (Fsp3) is 0.857. The number of carbonyl (C=O) groups excluding carboxylic acids is 1. The van der Waals surface area contributed by atoms with Crippen molar-refractivity contribution in [3.8, 4) is 0 Å². The van der Waals surface area contributed by atoms with Gasteiger partial charge in [0.05, 0.1) is 12.0 Å². The molecule has 108 valence electrons. The second kappa shape index (κ2) is 5.39. The van der Waals surface area contributed by atoms with E-state index in [4.69, 9.17) is 5.11 Å². The van der Waals surface area contributed by atoms with Crippen LogP contribution in [0, 0.1) is 0 Å². The van der Waals surface area contributed by atoms with Crippen LogP contribution >= 0.6 is 0 Å². The molecule has 0 aromatic rings. The minimum atomic E-state index is -0.834. The van der Waals surface area contributed by atoms with Gasteiger partial charge in [0.2, 0.25) is 0 Å². The number of urea groups is 1. The maximum Gasteiger partial charge on any atom is 0.318 e. The monoisotopic (exact) mass is 268 g/mol. The number of carboxylic acids is 1. The van der Waals surface area contributed by atoms with Crippen molar-refractivity contribution < 1.29 is 14.7 Å². The van der Waals surface area contributed by atoms with Gasteiger partial charge >= 0.3 is 12.0 Å². The third-order valence-electron chi connectivity index (χ3n) is 4.60. The van der Waals surface area contributed by atoms with Gasteiger partial charge in [-0.05, 0) is 52.4 Å². The second-order valence-corrected chi connectivity index (χ2v) is 6.17. The number of nitrogens with zero attached hydrogens (tertiary/aromatic N) is 1. The first-order valence-electron chi connectivity index (χ1n) is 7.26. The maximum absolute atomic E-state index is 12.4. The average molecular weight is 268 g/mol. The molecule has 1 aliphatic heterocycles.